The second-order valence-electron chi connectivity index (χ2n) is 4.10. The smallest absolute Gasteiger partial charge is 0.220 e. The molecule has 1 aliphatic rings. The Morgan fingerprint density at radius 1 is 1.46 bits per heavy atom. The molecule has 0 bridgehead atoms. The summed E-state index contributed by atoms with van der Waals surface area (Å²) in [5.74, 6) is 0.206. The van der Waals surface area contributed by atoms with Gasteiger partial charge in [0.05, 0.1) is 5.54 Å². The normalized spacial score (nSPS) is 20.8. The molecule has 0 atom stereocenters. The van der Waals surface area contributed by atoms with Crippen molar-refractivity contribution in [3.8, 4) is 0 Å². The van der Waals surface area contributed by atoms with Gasteiger partial charge < -0.3 is 10.2 Å². The number of likely N-dealkylation sites (N-methyl/N-ethyl adjacent to an activating group) is 1. The summed E-state index contributed by atoms with van der Waals surface area (Å²) in [7, 11) is 2.08. The van der Waals surface area contributed by atoms with Gasteiger partial charge in [-0.05, 0) is 19.9 Å². The molecule has 3 heteroatoms. The summed E-state index contributed by atoms with van der Waals surface area (Å²) in [6, 6.07) is 0. The van der Waals surface area contributed by atoms with E-state index in [0.717, 1.165) is 25.9 Å². The van der Waals surface area contributed by atoms with Crippen LogP contribution in [0.25, 0.3) is 0 Å². The standard InChI is InChI=1S/C10H20N2O/c1-4-6-9(13)11-10(5-2)7-12(3)8-10/h4-8H2,1-3H3,(H,11,13). The van der Waals surface area contributed by atoms with Crippen LogP contribution in [0.3, 0.4) is 0 Å². The van der Waals surface area contributed by atoms with Crippen LogP contribution in [0, 0.1) is 0 Å². The molecule has 1 amide bonds. The van der Waals surface area contributed by atoms with Crippen molar-refractivity contribution in [2.75, 3.05) is 20.1 Å². The zero-order valence-corrected chi connectivity index (χ0v) is 8.89. The Bertz CT molecular complexity index is 185. The molecule has 0 radical (unpaired) electrons. The van der Waals surface area contributed by atoms with E-state index in [4.69, 9.17) is 0 Å². The molecule has 0 spiro atoms. The molecule has 1 rings (SSSR count). The summed E-state index contributed by atoms with van der Waals surface area (Å²) in [6.07, 6.45) is 2.62. The van der Waals surface area contributed by atoms with E-state index in [-0.39, 0.29) is 11.4 Å². The molecule has 0 aromatic heterocycles. The summed E-state index contributed by atoms with van der Waals surface area (Å²) < 4.78 is 0. The van der Waals surface area contributed by atoms with Crippen molar-refractivity contribution in [3.05, 3.63) is 0 Å². The molecule has 0 saturated carbocycles. The van der Waals surface area contributed by atoms with E-state index in [2.05, 4.69) is 24.2 Å². The second-order valence-corrected chi connectivity index (χ2v) is 4.10. The van der Waals surface area contributed by atoms with Gasteiger partial charge in [0.1, 0.15) is 0 Å². The molecule has 1 aliphatic heterocycles. The maximum absolute atomic E-state index is 11.4. The highest BCUT2D eigenvalue weighted by Gasteiger charge is 2.40. The topological polar surface area (TPSA) is 32.3 Å². The number of likely N-dealkylation sites (tertiary alicyclic amines) is 1. The fourth-order valence-corrected chi connectivity index (χ4v) is 1.96. The van der Waals surface area contributed by atoms with Crippen LogP contribution < -0.4 is 5.32 Å². The van der Waals surface area contributed by atoms with Crippen molar-refractivity contribution in [1.29, 1.82) is 0 Å². The largest absolute Gasteiger partial charge is 0.348 e. The maximum Gasteiger partial charge on any atom is 0.220 e. The molecule has 0 unspecified atom stereocenters. The number of carbonyl (C=O) groups is 1. The van der Waals surface area contributed by atoms with Gasteiger partial charge in [-0.2, -0.15) is 0 Å². The minimum Gasteiger partial charge on any atom is -0.348 e. The fraction of sp³-hybridized carbons (Fsp3) is 0.900. The van der Waals surface area contributed by atoms with Crippen LogP contribution in [0.15, 0.2) is 0 Å². The van der Waals surface area contributed by atoms with Crippen LogP contribution in [-0.4, -0.2) is 36.5 Å². The van der Waals surface area contributed by atoms with E-state index in [9.17, 15) is 4.79 Å². The lowest BCUT2D eigenvalue weighted by molar-refractivity contribution is -0.125. The molecule has 1 saturated heterocycles. The molecule has 1 N–H and O–H groups in total. The Kier molecular flexibility index (Phi) is 3.31. The van der Waals surface area contributed by atoms with Crippen LogP contribution in [0.1, 0.15) is 33.1 Å². The molecule has 0 aromatic rings. The highest BCUT2D eigenvalue weighted by atomic mass is 16.1. The summed E-state index contributed by atoms with van der Waals surface area (Å²) >= 11 is 0. The lowest BCUT2D eigenvalue weighted by Crippen LogP contribution is -2.68. The zero-order valence-electron chi connectivity index (χ0n) is 8.89. The lowest BCUT2D eigenvalue weighted by atomic mass is 9.87. The quantitative estimate of drug-likeness (QED) is 0.707. The van der Waals surface area contributed by atoms with Gasteiger partial charge in [0.25, 0.3) is 0 Å². The predicted octanol–water partition coefficient (Wildman–Crippen LogP) is 0.997. The minimum absolute atomic E-state index is 0.0843. The second kappa shape index (κ2) is 4.09. The van der Waals surface area contributed by atoms with Gasteiger partial charge in [-0.15, -0.1) is 0 Å². The van der Waals surface area contributed by atoms with Crippen molar-refractivity contribution >= 4 is 5.91 Å². The summed E-state index contributed by atoms with van der Waals surface area (Å²) in [5, 5.41) is 3.13. The van der Waals surface area contributed by atoms with E-state index in [1.807, 2.05) is 6.92 Å². The highest BCUT2D eigenvalue weighted by molar-refractivity contribution is 5.77. The van der Waals surface area contributed by atoms with Crippen LogP contribution in [0.2, 0.25) is 0 Å². The number of hydrogen-bond acceptors (Lipinski definition) is 2. The van der Waals surface area contributed by atoms with Crippen molar-refractivity contribution in [2.24, 2.45) is 0 Å². The highest BCUT2D eigenvalue weighted by Crippen LogP contribution is 2.22. The third kappa shape index (κ3) is 2.44. The first-order chi connectivity index (χ1) is 6.12. The van der Waals surface area contributed by atoms with Gasteiger partial charge in [0.15, 0.2) is 0 Å². The third-order valence-corrected chi connectivity index (χ3v) is 2.70. The molecule has 1 fully saturated rings. The Morgan fingerprint density at radius 2 is 2.08 bits per heavy atom. The first-order valence-electron chi connectivity index (χ1n) is 5.11. The van der Waals surface area contributed by atoms with Gasteiger partial charge in [-0.25, -0.2) is 0 Å². The molecular formula is C10H20N2O. The lowest BCUT2D eigenvalue weighted by Gasteiger charge is -2.48. The van der Waals surface area contributed by atoms with Crippen LogP contribution >= 0.6 is 0 Å². The summed E-state index contributed by atoms with van der Waals surface area (Å²) in [4.78, 5) is 13.6. The number of nitrogens with zero attached hydrogens (tertiary/aromatic N) is 1. The van der Waals surface area contributed by atoms with Gasteiger partial charge in [-0.3, -0.25) is 4.79 Å². The Balaban J connectivity index is 2.37. The Morgan fingerprint density at radius 3 is 2.46 bits per heavy atom. The van der Waals surface area contributed by atoms with E-state index in [1.54, 1.807) is 0 Å². The molecule has 13 heavy (non-hydrogen) atoms. The SMILES string of the molecule is CCCC(=O)NC1(CC)CN(C)C1. The van der Waals surface area contributed by atoms with Crippen LogP contribution in [-0.2, 0) is 4.79 Å². The fourth-order valence-electron chi connectivity index (χ4n) is 1.96. The number of nitrogens with one attached hydrogen (secondary N) is 1. The number of carbonyl (C=O) groups excluding carboxylic acids is 1. The molecule has 76 valence electrons. The van der Waals surface area contributed by atoms with E-state index in [0.29, 0.717) is 6.42 Å². The Labute approximate surface area is 80.5 Å². The molecular weight excluding hydrogens is 164 g/mol. The zero-order chi connectivity index (χ0) is 9.90. The average Bonchev–Trinajstić information content (AvgIpc) is 2.01. The van der Waals surface area contributed by atoms with Crippen molar-refractivity contribution in [3.63, 3.8) is 0 Å². The first kappa shape index (κ1) is 10.5. The minimum atomic E-state index is 0.0843. The van der Waals surface area contributed by atoms with Gasteiger partial charge in [0.2, 0.25) is 5.91 Å². The van der Waals surface area contributed by atoms with E-state index >= 15 is 0 Å². The number of rotatable bonds is 4. The van der Waals surface area contributed by atoms with E-state index < -0.39 is 0 Å². The van der Waals surface area contributed by atoms with Crippen LogP contribution in [0.4, 0.5) is 0 Å². The van der Waals surface area contributed by atoms with Gasteiger partial charge in [-0.1, -0.05) is 13.8 Å². The summed E-state index contributed by atoms with van der Waals surface area (Å²) in [6.45, 7) is 6.17. The number of hydrogen-bond donors (Lipinski definition) is 1. The van der Waals surface area contributed by atoms with Gasteiger partial charge >= 0.3 is 0 Å². The third-order valence-electron chi connectivity index (χ3n) is 2.70. The maximum atomic E-state index is 11.4. The van der Waals surface area contributed by atoms with Crippen LogP contribution in [0.5, 0.6) is 0 Å². The molecule has 0 aliphatic carbocycles. The average molecular weight is 184 g/mol. The van der Waals surface area contributed by atoms with Crippen molar-refractivity contribution < 1.29 is 4.79 Å². The van der Waals surface area contributed by atoms with Crippen molar-refractivity contribution in [2.45, 2.75) is 38.6 Å². The number of amides is 1. The molecule has 3 nitrogen and oxygen atoms in total. The molecule has 1 heterocycles. The summed E-state index contributed by atoms with van der Waals surface area (Å²) in [5.41, 5.74) is 0.0843. The predicted molar refractivity (Wildman–Crippen MR) is 53.6 cm³/mol. The van der Waals surface area contributed by atoms with E-state index in [1.165, 1.54) is 0 Å². The van der Waals surface area contributed by atoms with Gasteiger partial charge in [0, 0.05) is 19.5 Å². The monoisotopic (exact) mass is 184 g/mol. The Hall–Kier alpha value is -0.570. The van der Waals surface area contributed by atoms with Crippen molar-refractivity contribution in [1.82, 2.24) is 10.2 Å². The first-order valence-corrected chi connectivity index (χ1v) is 5.11. The molecule has 0 aromatic carbocycles.